The van der Waals surface area contributed by atoms with Crippen LogP contribution in [0.15, 0.2) is 18.5 Å². The van der Waals surface area contributed by atoms with Crippen molar-refractivity contribution >= 4 is 12.4 Å². The standard InChI is InChI=1S/C11H15N3.ClH/c1-2-13-11(14-3-1)8-4-9-6-12-7-10(9)5-8;/h1-3,8-10,12H,4-7H2;1H/t8?,9-,10+;. The second kappa shape index (κ2) is 4.45. The Bertz CT molecular complexity index is 305. The minimum atomic E-state index is 0. The van der Waals surface area contributed by atoms with Crippen molar-refractivity contribution in [1.29, 1.82) is 0 Å². The molecule has 0 radical (unpaired) electrons. The lowest BCUT2D eigenvalue weighted by molar-refractivity contribution is 0.494. The van der Waals surface area contributed by atoms with Gasteiger partial charge in [-0.15, -0.1) is 12.4 Å². The molecule has 0 amide bonds. The minimum Gasteiger partial charge on any atom is -0.316 e. The quantitative estimate of drug-likeness (QED) is 0.789. The lowest BCUT2D eigenvalue weighted by Crippen LogP contribution is -2.12. The van der Waals surface area contributed by atoms with Crippen molar-refractivity contribution in [1.82, 2.24) is 15.3 Å². The van der Waals surface area contributed by atoms with E-state index in [-0.39, 0.29) is 12.4 Å². The molecule has 0 aromatic carbocycles. The summed E-state index contributed by atoms with van der Waals surface area (Å²) in [4.78, 5) is 8.71. The molecule has 15 heavy (non-hydrogen) atoms. The molecule has 2 heterocycles. The van der Waals surface area contributed by atoms with Gasteiger partial charge in [-0.2, -0.15) is 0 Å². The lowest BCUT2D eigenvalue weighted by Gasteiger charge is -2.08. The molecule has 3 nitrogen and oxygen atoms in total. The van der Waals surface area contributed by atoms with Crippen LogP contribution in [0.25, 0.3) is 0 Å². The van der Waals surface area contributed by atoms with Gasteiger partial charge in [0.2, 0.25) is 0 Å². The molecular formula is C11H16ClN3. The van der Waals surface area contributed by atoms with Crippen LogP contribution >= 0.6 is 12.4 Å². The Labute approximate surface area is 96.1 Å². The summed E-state index contributed by atoms with van der Waals surface area (Å²) in [5, 5.41) is 3.46. The van der Waals surface area contributed by atoms with Crippen molar-refractivity contribution in [2.75, 3.05) is 13.1 Å². The summed E-state index contributed by atoms with van der Waals surface area (Å²) in [6.07, 6.45) is 6.27. The highest BCUT2D eigenvalue weighted by Gasteiger charge is 2.38. The summed E-state index contributed by atoms with van der Waals surface area (Å²) < 4.78 is 0. The maximum Gasteiger partial charge on any atom is 0.131 e. The predicted molar refractivity (Wildman–Crippen MR) is 61.1 cm³/mol. The van der Waals surface area contributed by atoms with Gasteiger partial charge in [0.25, 0.3) is 0 Å². The van der Waals surface area contributed by atoms with E-state index in [4.69, 9.17) is 0 Å². The van der Waals surface area contributed by atoms with E-state index in [2.05, 4.69) is 15.3 Å². The molecule has 1 aliphatic carbocycles. The molecule has 1 unspecified atom stereocenters. The summed E-state index contributed by atoms with van der Waals surface area (Å²) in [5.74, 6) is 3.43. The Morgan fingerprint density at radius 3 is 2.27 bits per heavy atom. The molecule has 1 saturated heterocycles. The van der Waals surface area contributed by atoms with Crippen LogP contribution in [-0.4, -0.2) is 23.1 Å². The number of halogens is 1. The summed E-state index contributed by atoms with van der Waals surface area (Å²) in [6, 6.07) is 1.89. The van der Waals surface area contributed by atoms with Crippen molar-refractivity contribution in [3.8, 4) is 0 Å². The summed E-state index contributed by atoms with van der Waals surface area (Å²) in [6.45, 7) is 2.40. The number of aromatic nitrogens is 2. The number of fused-ring (bicyclic) bond motifs is 1. The van der Waals surface area contributed by atoms with E-state index in [0.717, 1.165) is 17.7 Å². The molecule has 1 saturated carbocycles. The molecule has 2 aliphatic rings. The average molecular weight is 226 g/mol. The van der Waals surface area contributed by atoms with Crippen molar-refractivity contribution in [2.45, 2.75) is 18.8 Å². The molecule has 1 aromatic rings. The fourth-order valence-electron chi connectivity index (χ4n) is 2.90. The van der Waals surface area contributed by atoms with Crippen LogP contribution < -0.4 is 5.32 Å². The Morgan fingerprint density at radius 2 is 1.67 bits per heavy atom. The van der Waals surface area contributed by atoms with Gasteiger partial charge in [0.1, 0.15) is 5.82 Å². The first-order valence-corrected chi connectivity index (χ1v) is 5.41. The van der Waals surface area contributed by atoms with E-state index in [0.29, 0.717) is 5.92 Å². The summed E-state index contributed by atoms with van der Waals surface area (Å²) in [7, 11) is 0. The number of nitrogens with one attached hydrogen (secondary N) is 1. The van der Waals surface area contributed by atoms with Crippen LogP contribution in [-0.2, 0) is 0 Å². The van der Waals surface area contributed by atoms with E-state index >= 15 is 0 Å². The third-order valence-corrected chi connectivity index (χ3v) is 3.61. The van der Waals surface area contributed by atoms with E-state index in [9.17, 15) is 0 Å². The van der Waals surface area contributed by atoms with Gasteiger partial charge in [-0.05, 0) is 43.8 Å². The first-order chi connectivity index (χ1) is 6.93. The van der Waals surface area contributed by atoms with Gasteiger partial charge >= 0.3 is 0 Å². The molecule has 0 bridgehead atoms. The van der Waals surface area contributed by atoms with Crippen LogP contribution in [0.3, 0.4) is 0 Å². The monoisotopic (exact) mass is 225 g/mol. The van der Waals surface area contributed by atoms with E-state index in [1.54, 1.807) is 0 Å². The second-order valence-electron chi connectivity index (χ2n) is 4.45. The van der Waals surface area contributed by atoms with Gasteiger partial charge in [0.05, 0.1) is 0 Å². The first-order valence-electron chi connectivity index (χ1n) is 5.41. The number of rotatable bonds is 1. The fourth-order valence-corrected chi connectivity index (χ4v) is 2.90. The van der Waals surface area contributed by atoms with Gasteiger partial charge in [-0.25, -0.2) is 9.97 Å². The molecule has 1 aliphatic heterocycles. The Balaban J connectivity index is 0.000000853. The second-order valence-corrected chi connectivity index (χ2v) is 4.45. The summed E-state index contributed by atoms with van der Waals surface area (Å²) >= 11 is 0. The Hall–Kier alpha value is -0.670. The van der Waals surface area contributed by atoms with E-state index < -0.39 is 0 Å². The molecule has 2 fully saturated rings. The molecule has 82 valence electrons. The first kappa shape index (κ1) is 10.8. The van der Waals surface area contributed by atoms with Gasteiger partial charge < -0.3 is 5.32 Å². The number of hydrogen-bond acceptors (Lipinski definition) is 3. The Kier molecular flexibility index (Phi) is 3.22. The largest absolute Gasteiger partial charge is 0.316 e. The van der Waals surface area contributed by atoms with E-state index in [1.807, 2.05) is 18.5 Å². The van der Waals surface area contributed by atoms with Crippen LogP contribution in [0.1, 0.15) is 24.6 Å². The van der Waals surface area contributed by atoms with Crippen LogP contribution in [0.2, 0.25) is 0 Å². The highest BCUT2D eigenvalue weighted by atomic mass is 35.5. The highest BCUT2D eigenvalue weighted by Crippen LogP contribution is 2.42. The molecule has 3 rings (SSSR count). The van der Waals surface area contributed by atoms with Crippen LogP contribution in [0, 0.1) is 11.8 Å². The van der Waals surface area contributed by atoms with Gasteiger partial charge in [-0.3, -0.25) is 0 Å². The normalized spacial score (nSPS) is 33.5. The SMILES string of the molecule is Cl.c1cnc(C2C[C@H]3CNC[C@H]3C2)nc1. The molecule has 3 atom stereocenters. The van der Waals surface area contributed by atoms with Crippen molar-refractivity contribution in [3.63, 3.8) is 0 Å². The predicted octanol–water partition coefficient (Wildman–Crippen LogP) is 1.61. The summed E-state index contributed by atoms with van der Waals surface area (Å²) in [5.41, 5.74) is 0. The van der Waals surface area contributed by atoms with Crippen LogP contribution in [0.5, 0.6) is 0 Å². The molecular weight excluding hydrogens is 210 g/mol. The Morgan fingerprint density at radius 1 is 1.07 bits per heavy atom. The topological polar surface area (TPSA) is 37.8 Å². The smallest absolute Gasteiger partial charge is 0.131 e. The van der Waals surface area contributed by atoms with Crippen molar-refractivity contribution in [3.05, 3.63) is 24.3 Å². The zero-order valence-corrected chi connectivity index (χ0v) is 9.41. The molecule has 1 N–H and O–H groups in total. The maximum atomic E-state index is 4.36. The molecule has 0 spiro atoms. The zero-order chi connectivity index (χ0) is 9.38. The average Bonchev–Trinajstić information content (AvgIpc) is 2.78. The maximum absolute atomic E-state index is 4.36. The highest BCUT2D eigenvalue weighted by molar-refractivity contribution is 5.85. The van der Waals surface area contributed by atoms with Gasteiger partial charge in [-0.1, -0.05) is 0 Å². The molecule has 1 aromatic heterocycles. The lowest BCUT2D eigenvalue weighted by atomic mass is 10.0. The zero-order valence-electron chi connectivity index (χ0n) is 8.60. The van der Waals surface area contributed by atoms with Gasteiger partial charge in [0.15, 0.2) is 0 Å². The van der Waals surface area contributed by atoms with Gasteiger partial charge in [0, 0.05) is 18.3 Å². The third kappa shape index (κ3) is 1.99. The minimum absolute atomic E-state index is 0. The van der Waals surface area contributed by atoms with Crippen molar-refractivity contribution in [2.24, 2.45) is 11.8 Å². The third-order valence-electron chi connectivity index (χ3n) is 3.61. The number of nitrogens with zero attached hydrogens (tertiary/aromatic N) is 2. The van der Waals surface area contributed by atoms with Crippen LogP contribution in [0.4, 0.5) is 0 Å². The molecule has 4 heteroatoms. The fraction of sp³-hybridized carbons (Fsp3) is 0.636. The van der Waals surface area contributed by atoms with Crippen molar-refractivity contribution < 1.29 is 0 Å². The number of hydrogen-bond donors (Lipinski definition) is 1. The van der Waals surface area contributed by atoms with E-state index in [1.165, 1.54) is 25.9 Å².